The molecule has 0 aliphatic carbocycles. The molecule has 34 heavy (non-hydrogen) atoms. The highest BCUT2D eigenvalue weighted by atomic mass is 16.2. The summed E-state index contributed by atoms with van der Waals surface area (Å²) in [5, 5.41) is 1.02. The fraction of sp³-hybridized carbons (Fsp3) is 0.154. The highest BCUT2D eigenvalue weighted by molar-refractivity contribution is 6.03. The summed E-state index contributed by atoms with van der Waals surface area (Å²) in [6.45, 7) is 1.66. The number of hydrogen-bond acceptors (Lipinski definition) is 4. The lowest BCUT2D eigenvalue weighted by atomic mass is 9.97. The average Bonchev–Trinajstić information content (AvgIpc) is 3.36. The molecule has 5 rings (SSSR count). The topological polar surface area (TPSA) is 96.3 Å². The van der Waals surface area contributed by atoms with Crippen molar-refractivity contribution in [3.8, 4) is 0 Å². The number of hydrogen-bond donors (Lipinski definition) is 2. The van der Waals surface area contributed by atoms with Crippen molar-refractivity contribution in [2.24, 2.45) is 7.05 Å². The molecule has 3 heterocycles. The molecule has 1 aliphatic rings. The van der Waals surface area contributed by atoms with Crippen LogP contribution in [0.1, 0.15) is 44.8 Å². The predicted molar refractivity (Wildman–Crippen MR) is 127 cm³/mol. The molecule has 2 aromatic heterocycles. The van der Waals surface area contributed by atoms with Gasteiger partial charge in [-0.3, -0.25) is 30.2 Å². The molecule has 0 bridgehead atoms. The maximum atomic E-state index is 13.5. The average molecular weight is 454 g/mol. The molecule has 0 fully saturated rings. The van der Waals surface area contributed by atoms with Gasteiger partial charge in [-0.1, -0.05) is 36.4 Å². The highest BCUT2D eigenvalue weighted by Crippen LogP contribution is 2.42. The van der Waals surface area contributed by atoms with Crippen LogP contribution in [0.25, 0.3) is 10.9 Å². The zero-order valence-electron chi connectivity index (χ0n) is 18.7. The molecule has 0 spiro atoms. The zero-order chi connectivity index (χ0) is 23.8. The molecular formula is C26H23N5O3. The lowest BCUT2D eigenvalue weighted by Crippen LogP contribution is -2.52. The summed E-state index contributed by atoms with van der Waals surface area (Å²) < 4.78 is 2.02. The number of pyridine rings is 1. The van der Waals surface area contributed by atoms with Gasteiger partial charge in [0.2, 0.25) is 0 Å². The number of amides is 3. The van der Waals surface area contributed by atoms with E-state index in [0.717, 1.165) is 22.0 Å². The number of nitrogens with zero attached hydrogens (tertiary/aromatic N) is 3. The quantitative estimate of drug-likeness (QED) is 0.465. The van der Waals surface area contributed by atoms with E-state index >= 15 is 0 Å². The van der Waals surface area contributed by atoms with E-state index in [1.165, 1.54) is 6.20 Å². The number of aromatic nitrogens is 2. The number of nitrogens with one attached hydrogen (secondary N) is 2. The second-order valence-corrected chi connectivity index (χ2v) is 8.28. The molecule has 8 heteroatoms. The summed E-state index contributed by atoms with van der Waals surface area (Å²) in [6.07, 6.45) is 4.97. The summed E-state index contributed by atoms with van der Waals surface area (Å²) in [7, 11) is 1.96. The van der Waals surface area contributed by atoms with Crippen molar-refractivity contribution >= 4 is 28.6 Å². The van der Waals surface area contributed by atoms with Gasteiger partial charge < -0.3 is 9.47 Å². The van der Waals surface area contributed by atoms with Gasteiger partial charge in [0.1, 0.15) is 6.04 Å². The van der Waals surface area contributed by atoms with Gasteiger partial charge in [-0.15, -0.1) is 0 Å². The number of rotatable bonds is 4. The lowest BCUT2D eigenvalue weighted by molar-refractivity contribution is -0.126. The van der Waals surface area contributed by atoms with E-state index in [0.29, 0.717) is 11.1 Å². The fourth-order valence-electron chi connectivity index (χ4n) is 4.56. The maximum Gasteiger partial charge on any atom is 0.271 e. The number of fused-ring (bicyclic) bond motifs is 2. The van der Waals surface area contributed by atoms with E-state index in [9.17, 15) is 14.4 Å². The third-order valence-corrected chi connectivity index (χ3v) is 6.24. The maximum absolute atomic E-state index is 13.5. The van der Waals surface area contributed by atoms with Gasteiger partial charge in [0, 0.05) is 47.7 Å². The van der Waals surface area contributed by atoms with Gasteiger partial charge in [-0.05, 0) is 36.8 Å². The minimum atomic E-state index is -0.849. The summed E-state index contributed by atoms with van der Waals surface area (Å²) in [5.74, 6) is -1.21. The van der Waals surface area contributed by atoms with Gasteiger partial charge in [-0.2, -0.15) is 0 Å². The van der Waals surface area contributed by atoms with Gasteiger partial charge in [0.15, 0.2) is 0 Å². The van der Waals surface area contributed by atoms with Crippen molar-refractivity contribution in [3.05, 3.63) is 102 Å². The second kappa shape index (κ2) is 8.47. The van der Waals surface area contributed by atoms with Crippen molar-refractivity contribution in [1.29, 1.82) is 0 Å². The van der Waals surface area contributed by atoms with Gasteiger partial charge in [-0.25, -0.2) is 0 Å². The van der Waals surface area contributed by atoms with Crippen molar-refractivity contribution < 1.29 is 14.4 Å². The number of carbonyl (C=O) groups excluding carboxylic acids is 3. The van der Waals surface area contributed by atoms with E-state index in [1.54, 1.807) is 36.2 Å². The summed E-state index contributed by atoms with van der Waals surface area (Å²) in [5.41, 5.74) is 8.57. The molecule has 3 amide bonds. The molecule has 170 valence electrons. The molecule has 1 aliphatic heterocycles. The molecular weight excluding hydrogens is 430 g/mol. The van der Waals surface area contributed by atoms with Crippen molar-refractivity contribution in [3.63, 3.8) is 0 Å². The number of hydrazine groups is 1. The fourth-order valence-corrected chi connectivity index (χ4v) is 4.56. The van der Waals surface area contributed by atoms with E-state index in [1.807, 2.05) is 60.3 Å². The van der Waals surface area contributed by atoms with Crippen LogP contribution in [-0.4, -0.2) is 38.2 Å². The highest BCUT2D eigenvalue weighted by Gasteiger charge is 2.43. The molecule has 2 unspecified atom stereocenters. The largest absolute Gasteiger partial charge is 0.350 e. The molecule has 4 aromatic rings. The Kier molecular flexibility index (Phi) is 5.33. The van der Waals surface area contributed by atoms with E-state index in [4.69, 9.17) is 0 Å². The van der Waals surface area contributed by atoms with Crippen LogP contribution in [0.15, 0.2) is 79.3 Å². The van der Waals surface area contributed by atoms with Crippen LogP contribution in [0.3, 0.4) is 0 Å². The molecule has 2 atom stereocenters. The van der Waals surface area contributed by atoms with Crippen LogP contribution in [-0.2, 0) is 11.8 Å². The van der Waals surface area contributed by atoms with Crippen LogP contribution < -0.4 is 10.9 Å². The summed E-state index contributed by atoms with van der Waals surface area (Å²) >= 11 is 0. The second-order valence-electron chi connectivity index (χ2n) is 8.28. The Bertz CT molecular complexity index is 1410. The number of carbonyl (C=O) groups is 3. The first-order valence-corrected chi connectivity index (χ1v) is 10.9. The van der Waals surface area contributed by atoms with Gasteiger partial charge in [0.05, 0.1) is 11.6 Å². The van der Waals surface area contributed by atoms with Crippen LogP contribution >= 0.6 is 0 Å². The van der Waals surface area contributed by atoms with Crippen molar-refractivity contribution in [1.82, 2.24) is 25.3 Å². The first-order valence-electron chi connectivity index (χ1n) is 10.9. The predicted octanol–water partition coefficient (Wildman–Crippen LogP) is 2.97. The Morgan fingerprint density at radius 1 is 0.971 bits per heavy atom. The Labute approximate surface area is 196 Å². The Morgan fingerprint density at radius 2 is 1.74 bits per heavy atom. The Hall–Kier alpha value is -4.46. The van der Waals surface area contributed by atoms with Crippen LogP contribution in [0.2, 0.25) is 0 Å². The first-order chi connectivity index (χ1) is 16.5. The van der Waals surface area contributed by atoms with Crippen molar-refractivity contribution in [2.75, 3.05) is 0 Å². The molecule has 0 radical (unpaired) electrons. The van der Waals surface area contributed by atoms with Crippen LogP contribution in [0.5, 0.6) is 0 Å². The first kappa shape index (κ1) is 21.4. The van der Waals surface area contributed by atoms with Crippen molar-refractivity contribution in [2.45, 2.75) is 19.0 Å². The van der Waals surface area contributed by atoms with Gasteiger partial charge >= 0.3 is 0 Å². The van der Waals surface area contributed by atoms with Gasteiger partial charge in [0.25, 0.3) is 17.7 Å². The SMILES string of the molecule is CC(C(=O)NNC(=O)c1cccnc1)N1C(=O)c2ccccc2C1c1cn(C)c2ccccc12. The third kappa shape index (κ3) is 3.49. The van der Waals surface area contributed by atoms with E-state index in [2.05, 4.69) is 15.8 Å². The Morgan fingerprint density at radius 3 is 2.53 bits per heavy atom. The number of para-hydroxylation sites is 1. The normalized spacial score (nSPS) is 15.8. The molecule has 2 aromatic carbocycles. The zero-order valence-corrected chi connectivity index (χ0v) is 18.7. The minimum Gasteiger partial charge on any atom is -0.350 e. The third-order valence-electron chi connectivity index (χ3n) is 6.24. The summed E-state index contributed by atoms with van der Waals surface area (Å²) in [4.78, 5) is 44.3. The molecule has 0 saturated heterocycles. The number of benzene rings is 2. The number of aryl methyl sites for hydroxylation is 1. The minimum absolute atomic E-state index is 0.227. The molecule has 8 nitrogen and oxygen atoms in total. The molecule has 0 saturated carbocycles. The Balaban J connectivity index is 1.47. The van der Waals surface area contributed by atoms with E-state index < -0.39 is 23.9 Å². The standard InChI is InChI=1S/C26H23N5O3/c1-16(24(32)28-29-25(33)17-8-7-13-27-14-17)31-23(19-10-3-4-11-20(19)26(31)34)21-15-30(2)22-12-6-5-9-18(21)22/h3-16,23H,1-2H3,(H,28,32)(H,29,33). The smallest absolute Gasteiger partial charge is 0.271 e. The van der Waals surface area contributed by atoms with Crippen LogP contribution in [0.4, 0.5) is 0 Å². The molecule has 2 N–H and O–H groups in total. The lowest BCUT2D eigenvalue weighted by Gasteiger charge is -2.30. The monoisotopic (exact) mass is 453 g/mol. The van der Waals surface area contributed by atoms with Crippen LogP contribution in [0, 0.1) is 0 Å². The summed E-state index contributed by atoms with van der Waals surface area (Å²) in [6, 6.07) is 17.3. The van der Waals surface area contributed by atoms with E-state index in [-0.39, 0.29) is 5.91 Å².